The molecule has 41 heavy (non-hydrogen) atoms. The molecule has 0 fully saturated rings. The van der Waals surface area contributed by atoms with E-state index >= 15 is 0 Å². The van der Waals surface area contributed by atoms with Crippen LogP contribution in [0.3, 0.4) is 0 Å². The molecule has 1 atom stereocenters. The number of benzene rings is 3. The van der Waals surface area contributed by atoms with Crippen LogP contribution >= 0.6 is 0 Å². The molecule has 0 aliphatic heterocycles. The first-order valence-corrected chi connectivity index (χ1v) is 16.2. The van der Waals surface area contributed by atoms with E-state index in [2.05, 4.69) is 36.5 Å². The maximum absolute atomic E-state index is 13.1. The topological polar surface area (TPSA) is 102 Å². The van der Waals surface area contributed by atoms with E-state index in [1.165, 1.54) is 29.0 Å². The summed E-state index contributed by atoms with van der Waals surface area (Å²) in [6.07, 6.45) is 5.91. The second-order valence-corrected chi connectivity index (χ2v) is 13.0. The number of rotatable bonds is 16. The fourth-order valence-electron chi connectivity index (χ4n) is 4.73. The number of nitrogens with one attached hydrogen (secondary N) is 1. The summed E-state index contributed by atoms with van der Waals surface area (Å²) >= 11 is 0. The van der Waals surface area contributed by atoms with Gasteiger partial charge in [-0.15, -0.1) is 0 Å². The highest BCUT2D eigenvalue weighted by Gasteiger charge is 2.22. The summed E-state index contributed by atoms with van der Waals surface area (Å²) in [6.45, 7) is 7.24. The molecule has 3 rings (SSSR count). The fourth-order valence-corrected chi connectivity index (χ4v) is 5.73. The smallest absolute Gasteiger partial charge is 0.251 e. The molecule has 1 unspecified atom stereocenters. The maximum atomic E-state index is 13.1. The Kier molecular flexibility index (Phi) is 11.9. The van der Waals surface area contributed by atoms with Gasteiger partial charge in [0.25, 0.3) is 5.91 Å². The number of carbonyl (C=O) groups excluding carboxylic acids is 1. The number of aryl methyl sites for hydroxylation is 1. The summed E-state index contributed by atoms with van der Waals surface area (Å²) in [4.78, 5) is 13.1. The Morgan fingerprint density at radius 2 is 1.61 bits per heavy atom. The minimum absolute atomic E-state index is 0.194. The quantitative estimate of drug-likeness (QED) is 0.230. The lowest BCUT2D eigenvalue weighted by Gasteiger charge is -2.25. The van der Waals surface area contributed by atoms with Gasteiger partial charge in [-0.05, 0) is 73.1 Å². The highest BCUT2D eigenvalue weighted by molar-refractivity contribution is 7.92. The molecule has 0 saturated heterocycles. The zero-order valence-corrected chi connectivity index (χ0v) is 25.7. The second-order valence-electron chi connectivity index (χ2n) is 11.1. The Morgan fingerprint density at radius 1 is 0.927 bits per heavy atom. The minimum Gasteiger partial charge on any atom is -0.375 e. The van der Waals surface area contributed by atoms with E-state index in [9.17, 15) is 13.2 Å². The largest absolute Gasteiger partial charge is 0.375 e. The van der Waals surface area contributed by atoms with Gasteiger partial charge >= 0.3 is 0 Å². The molecular formula is C33H45N3O4S. The first-order chi connectivity index (χ1) is 19.5. The Morgan fingerprint density at radius 3 is 2.24 bits per heavy atom. The zero-order valence-electron chi connectivity index (χ0n) is 24.9. The third-order valence-electron chi connectivity index (χ3n) is 6.80. The zero-order chi connectivity index (χ0) is 29.9. The Balaban J connectivity index is 1.73. The summed E-state index contributed by atoms with van der Waals surface area (Å²) < 4.78 is 32.6. The summed E-state index contributed by atoms with van der Waals surface area (Å²) in [7, 11) is -3.54. The number of carbonyl (C=O) groups is 1. The normalized spacial score (nSPS) is 13.0. The van der Waals surface area contributed by atoms with E-state index < -0.39 is 15.6 Å². The highest BCUT2D eigenvalue weighted by atomic mass is 32.2. The molecular weight excluding hydrogens is 534 g/mol. The molecule has 222 valence electrons. The summed E-state index contributed by atoms with van der Waals surface area (Å²) in [5, 5.41) is 2.93. The van der Waals surface area contributed by atoms with Crippen LogP contribution in [0.15, 0.2) is 72.8 Å². The molecule has 0 spiro atoms. The van der Waals surface area contributed by atoms with Crippen LogP contribution in [0.1, 0.15) is 72.6 Å². The molecule has 3 aromatic rings. The van der Waals surface area contributed by atoms with Gasteiger partial charge in [0.2, 0.25) is 10.0 Å². The van der Waals surface area contributed by atoms with E-state index in [1.54, 1.807) is 18.2 Å². The van der Waals surface area contributed by atoms with Gasteiger partial charge in [0.05, 0.1) is 25.2 Å². The highest BCUT2D eigenvalue weighted by Crippen LogP contribution is 2.24. The Hall–Kier alpha value is -3.20. The standard InChI is InChI=1S/C33H45N3O4S/c1-5-7-11-26-14-16-27(17-15-26)22-33(3,34)25-40-24-29-19-30(32(37)35-23-28-12-9-8-10-13-28)21-31(20-29)36(18-6-2)41(4,38)39/h8-10,12-17,19-21H,5-7,11,18,22-25,34H2,1-4H3,(H,35,37). The Labute approximate surface area is 246 Å². The van der Waals surface area contributed by atoms with Gasteiger partial charge in [0, 0.05) is 24.2 Å². The van der Waals surface area contributed by atoms with Gasteiger partial charge in [-0.1, -0.05) is 74.9 Å². The monoisotopic (exact) mass is 579 g/mol. The van der Waals surface area contributed by atoms with E-state index in [0.29, 0.717) is 49.4 Å². The van der Waals surface area contributed by atoms with Crippen molar-refractivity contribution in [3.8, 4) is 0 Å². The predicted octanol–water partition coefficient (Wildman–Crippen LogP) is 5.61. The first-order valence-electron chi connectivity index (χ1n) is 14.4. The summed E-state index contributed by atoms with van der Waals surface area (Å²) in [6, 6.07) is 23.4. The molecule has 0 saturated carbocycles. The van der Waals surface area contributed by atoms with Gasteiger partial charge in [-0.3, -0.25) is 9.10 Å². The molecule has 1 amide bonds. The van der Waals surface area contributed by atoms with E-state index in [1.807, 2.05) is 44.2 Å². The number of amides is 1. The first kappa shape index (κ1) is 32.3. The minimum atomic E-state index is -3.54. The van der Waals surface area contributed by atoms with Crippen molar-refractivity contribution in [1.29, 1.82) is 0 Å². The van der Waals surface area contributed by atoms with Crippen LogP contribution in [0.5, 0.6) is 0 Å². The maximum Gasteiger partial charge on any atom is 0.251 e. The van der Waals surface area contributed by atoms with Crippen LogP contribution in [0, 0.1) is 0 Å². The van der Waals surface area contributed by atoms with Crippen molar-refractivity contribution >= 4 is 21.6 Å². The van der Waals surface area contributed by atoms with E-state index in [4.69, 9.17) is 10.5 Å². The van der Waals surface area contributed by atoms with Crippen molar-refractivity contribution in [2.24, 2.45) is 5.73 Å². The van der Waals surface area contributed by atoms with E-state index in [-0.39, 0.29) is 12.5 Å². The van der Waals surface area contributed by atoms with Crippen molar-refractivity contribution in [2.45, 2.75) is 71.6 Å². The average Bonchev–Trinajstić information content (AvgIpc) is 2.93. The van der Waals surface area contributed by atoms with Gasteiger partial charge in [-0.25, -0.2) is 8.42 Å². The molecule has 0 heterocycles. The summed E-state index contributed by atoms with van der Waals surface area (Å²) in [5.41, 5.74) is 11.0. The van der Waals surface area contributed by atoms with Gasteiger partial charge in [0.15, 0.2) is 0 Å². The number of nitrogens with zero attached hydrogens (tertiary/aromatic N) is 1. The van der Waals surface area contributed by atoms with Crippen molar-refractivity contribution < 1.29 is 17.9 Å². The fraction of sp³-hybridized carbons (Fsp3) is 0.424. The third-order valence-corrected chi connectivity index (χ3v) is 8.00. The molecule has 7 nitrogen and oxygen atoms in total. The number of hydrogen-bond donors (Lipinski definition) is 2. The number of ether oxygens (including phenoxy) is 1. The van der Waals surface area contributed by atoms with Crippen molar-refractivity contribution in [1.82, 2.24) is 5.32 Å². The van der Waals surface area contributed by atoms with Crippen LogP contribution in [0.4, 0.5) is 5.69 Å². The lowest BCUT2D eigenvalue weighted by Crippen LogP contribution is -2.43. The molecule has 0 aliphatic rings. The SMILES string of the molecule is CCCCc1ccc(CC(C)(N)COCc2cc(C(=O)NCc3ccccc3)cc(N(CCC)S(C)(=O)=O)c2)cc1. The number of anilines is 1. The molecule has 3 N–H and O–H groups in total. The van der Waals surface area contributed by atoms with Crippen LogP contribution < -0.4 is 15.4 Å². The lowest BCUT2D eigenvalue weighted by molar-refractivity contribution is 0.0790. The van der Waals surface area contributed by atoms with Gasteiger partial charge < -0.3 is 15.8 Å². The Bertz CT molecular complexity index is 1360. The van der Waals surface area contributed by atoms with Crippen molar-refractivity contribution in [3.05, 3.63) is 101 Å². The van der Waals surface area contributed by atoms with Gasteiger partial charge in [0.1, 0.15) is 0 Å². The van der Waals surface area contributed by atoms with Crippen LogP contribution in [0.25, 0.3) is 0 Å². The molecule has 3 aromatic carbocycles. The molecule has 0 radical (unpaired) electrons. The second kappa shape index (κ2) is 15.1. The number of nitrogens with two attached hydrogens (primary N) is 1. The van der Waals surface area contributed by atoms with Crippen LogP contribution in [-0.2, 0) is 40.8 Å². The van der Waals surface area contributed by atoms with Gasteiger partial charge in [-0.2, -0.15) is 0 Å². The number of hydrogen-bond acceptors (Lipinski definition) is 5. The lowest BCUT2D eigenvalue weighted by atomic mass is 9.94. The molecule has 0 aliphatic carbocycles. The summed E-state index contributed by atoms with van der Waals surface area (Å²) in [5.74, 6) is -0.284. The molecule has 0 aromatic heterocycles. The van der Waals surface area contributed by atoms with Crippen LogP contribution in [0.2, 0.25) is 0 Å². The average molecular weight is 580 g/mol. The molecule has 8 heteroatoms. The third kappa shape index (κ3) is 10.6. The van der Waals surface area contributed by atoms with Crippen LogP contribution in [-0.4, -0.2) is 39.3 Å². The van der Waals surface area contributed by atoms with Crippen molar-refractivity contribution in [2.75, 3.05) is 23.7 Å². The van der Waals surface area contributed by atoms with Crippen molar-refractivity contribution in [3.63, 3.8) is 0 Å². The molecule has 0 bridgehead atoms. The predicted molar refractivity (Wildman–Crippen MR) is 168 cm³/mol. The number of unbranched alkanes of at least 4 members (excludes halogenated alkanes) is 1. The number of sulfonamides is 1. The van der Waals surface area contributed by atoms with E-state index in [0.717, 1.165) is 17.5 Å².